The van der Waals surface area contributed by atoms with Gasteiger partial charge in [-0.3, -0.25) is 9.69 Å². The van der Waals surface area contributed by atoms with Gasteiger partial charge in [0.15, 0.2) is 0 Å². The molecule has 1 atom stereocenters. The quantitative estimate of drug-likeness (QED) is 0.697. The first-order valence-electron chi connectivity index (χ1n) is 10.4. The Hall–Kier alpha value is -3.18. The average Bonchev–Trinajstić information content (AvgIpc) is 2.78. The van der Waals surface area contributed by atoms with E-state index >= 15 is 0 Å². The zero-order chi connectivity index (χ0) is 20.9. The summed E-state index contributed by atoms with van der Waals surface area (Å²) >= 11 is 0. The monoisotopic (exact) mass is 400 g/mol. The fraction of sp³-hybridized carbons (Fsp3) is 0.280. The first-order valence-corrected chi connectivity index (χ1v) is 10.4. The second kappa shape index (κ2) is 9.09. The lowest BCUT2D eigenvalue weighted by molar-refractivity contribution is -0.121. The standard InChI is InChI=1S/C25H28N4O/c1-19-11-12-20(2)22(18-19)27-25(30)24(21-8-4-3-5-9-21)29-16-14-28(15-17-29)23-10-6-7-13-26-23/h3-13,18,24H,14-17H2,1-2H3,(H,27,30)/t24-/m1/s1. The zero-order valence-electron chi connectivity index (χ0n) is 17.6. The highest BCUT2D eigenvalue weighted by molar-refractivity contribution is 5.96. The predicted molar refractivity (Wildman–Crippen MR) is 122 cm³/mol. The summed E-state index contributed by atoms with van der Waals surface area (Å²) in [5.74, 6) is 1.01. The lowest BCUT2D eigenvalue weighted by Crippen LogP contribution is -2.50. The van der Waals surface area contributed by atoms with Crippen molar-refractivity contribution in [3.8, 4) is 0 Å². The number of carbonyl (C=O) groups is 1. The molecule has 5 nitrogen and oxygen atoms in total. The van der Waals surface area contributed by atoms with E-state index in [4.69, 9.17) is 0 Å². The first kappa shape index (κ1) is 20.1. The van der Waals surface area contributed by atoms with Gasteiger partial charge in [-0.05, 0) is 48.7 Å². The summed E-state index contributed by atoms with van der Waals surface area (Å²) in [7, 11) is 0. The van der Waals surface area contributed by atoms with Crippen LogP contribution in [0.4, 0.5) is 11.5 Å². The van der Waals surface area contributed by atoms with Crippen LogP contribution < -0.4 is 10.2 Å². The van der Waals surface area contributed by atoms with E-state index in [1.807, 2.05) is 80.7 Å². The number of carbonyl (C=O) groups excluding carboxylic acids is 1. The molecule has 1 N–H and O–H groups in total. The van der Waals surface area contributed by atoms with Gasteiger partial charge in [0, 0.05) is 38.1 Å². The molecule has 154 valence electrons. The molecule has 0 unspecified atom stereocenters. The molecule has 0 spiro atoms. The molecule has 1 saturated heterocycles. The Labute approximate surface area is 178 Å². The first-order chi connectivity index (χ1) is 14.6. The highest BCUT2D eigenvalue weighted by Crippen LogP contribution is 2.26. The minimum Gasteiger partial charge on any atom is -0.354 e. The van der Waals surface area contributed by atoms with Crippen LogP contribution in [0.15, 0.2) is 72.9 Å². The Kier molecular flexibility index (Phi) is 6.10. The maximum Gasteiger partial charge on any atom is 0.246 e. The van der Waals surface area contributed by atoms with Crippen LogP contribution >= 0.6 is 0 Å². The second-order valence-electron chi connectivity index (χ2n) is 7.83. The summed E-state index contributed by atoms with van der Waals surface area (Å²) in [6, 6.07) is 21.9. The highest BCUT2D eigenvalue weighted by Gasteiger charge is 2.31. The lowest BCUT2D eigenvalue weighted by Gasteiger charge is -2.39. The highest BCUT2D eigenvalue weighted by atomic mass is 16.2. The van der Waals surface area contributed by atoms with Crippen LogP contribution in [0.3, 0.4) is 0 Å². The SMILES string of the molecule is Cc1ccc(C)c(NC(=O)[C@@H](c2ccccc2)N2CCN(c3ccccn3)CC2)c1. The van der Waals surface area contributed by atoms with Gasteiger partial charge in [0.1, 0.15) is 11.9 Å². The molecule has 2 aromatic carbocycles. The summed E-state index contributed by atoms with van der Waals surface area (Å²) in [5, 5.41) is 3.18. The van der Waals surface area contributed by atoms with Gasteiger partial charge in [0.05, 0.1) is 0 Å². The molecule has 0 saturated carbocycles. The normalized spacial score (nSPS) is 15.6. The van der Waals surface area contributed by atoms with Gasteiger partial charge in [-0.1, -0.05) is 48.5 Å². The van der Waals surface area contributed by atoms with Crippen LogP contribution in [0.5, 0.6) is 0 Å². The molecule has 1 fully saturated rings. The van der Waals surface area contributed by atoms with Crippen LogP contribution in [0.25, 0.3) is 0 Å². The number of rotatable bonds is 5. The Morgan fingerprint density at radius 1 is 0.933 bits per heavy atom. The van der Waals surface area contributed by atoms with E-state index in [-0.39, 0.29) is 11.9 Å². The molecule has 1 amide bonds. The molecule has 1 aliphatic heterocycles. The van der Waals surface area contributed by atoms with Gasteiger partial charge in [0.2, 0.25) is 5.91 Å². The van der Waals surface area contributed by atoms with Gasteiger partial charge in [0.25, 0.3) is 0 Å². The lowest BCUT2D eigenvalue weighted by atomic mass is 10.0. The summed E-state index contributed by atoms with van der Waals surface area (Å²) in [6.07, 6.45) is 1.83. The molecule has 0 aliphatic carbocycles. The van der Waals surface area contributed by atoms with Crippen molar-refractivity contribution in [2.45, 2.75) is 19.9 Å². The molecule has 1 aromatic heterocycles. The number of amides is 1. The van der Waals surface area contributed by atoms with E-state index in [1.54, 1.807) is 0 Å². The molecule has 2 heterocycles. The summed E-state index contributed by atoms with van der Waals surface area (Å²) in [4.78, 5) is 22.5. The van der Waals surface area contributed by atoms with E-state index in [2.05, 4.69) is 26.2 Å². The average molecular weight is 401 g/mol. The van der Waals surface area contributed by atoms with E-state index in [0.29, 0.717) is 0 Å². The van der Waals surface area contributed by atoms with Crippen molar-refractivity contribution < 1.29 is 4.79 Å². The van der Waals surface area contributed by atoms with Crippen molar-refractivity contribution in [3.63, 3.8) is 0 Å². The molecular weight excluding hydrogens is 372 g/mol. The summed E-state index contributed by atoms with van der Waals surface area (Å²) in [6.45, 7) is 7.36. The summed E-state index contributed by atoms with van der Waals surface area (Å²) < 4.78 is 0. The van der Waals surface area contributed by atoms with Crippen LogP contribution in [0, 0.1) is 13.8 Å². The number of aromatic nitrogens is 1. The Bertz CT molecular complexity index is 983. The molecule has 30 heavy (non-hydrogen) atoms. The van der Waals surface area contributed by atoms with Gasteiger partial charge >= 0.3 is 0 Å². The third-order valence-corrected chi connectivity index (χ3v) is 5.67. The van der Waals surface area contributed by atoms with E-state index in [9.17, 15) is 4.79 Å². The Morgan fingerprint density at radius 2 is 1.67 bits per heavy atom. The van der Waals surface area contributed by atoms with Crippen molar-refractivity contribution in [3.05, 3.63) is 89.6 Å². The van der Waals surface area contributed by atoms with Gasteiger partial charge in [-0.2, -0.15) is 0 Å². The molecule has 0 radical (unpaired) electrons. The van der Waals surface area contributed by atoms with Crippen molar-refractivity contribution in [1.29, 1.82) is 0 Å². The number of anilines is 2. The molecule has 4 rings (SSSR count). The van der Waals surface area contributed by atoms with Gasteiger partial charge < -0.3 is 10.2 Å². The molecule has 1 aliphatic rings. The minimum absolute atomic E-state index is 0.0150. The van der Waals surface area contributed by atoms with Crippen LogP contribution in [0.1, 0.15) is 22.7 Å². The maximum absolute atomic E-state index is 13.4. The number of benzene rings is 2. The Balaban J connectivity index is 1.54. The predicted octanol–water partition coefficient (Wildman–Crippen LogP) is 4.20. The van der Waals surface area contributed by atoms with Gasteiger partial charge in [-0.25, -0.2) is 4.98 Å². The van der Waals surface area contributed by atoms with Crippen molar-refractivity contribution in [2.24, 2.45) is 0 Å². The fourth-order valence-electron chi connectivity index (χ4n) is 3.98. The number of hydrogen-bond donors (Lipinski definition) is 1. The van der Waals surface area contributed by atoms with E-state index in [1.165, 1.54) is 0 Å². The van der Waals surface area contributed by atoms with E-state index in [0.717, 1.165) is 54.4 Å². The van der Waals surface area contributed by atoms with Crippen molar-refractivity contribution >= 4 is 17.4 Å². The molecule has 0 bridgehead atoms. The van der Waals surface area contributed by atoms with Crippen molar-refractivity contribution in [1.82, 2.24) is 9.88 Å². The largest absolute Gasteiger partial charge is 0.354 e. The third-order valence-electron chi connectivity index (χ3n) is 5.67. The Morgan fingerprint density at radius 3 is 2.37 bits per heavy atom. The second-order valence-corrected chi connectivity index (χ2v) is 7.83. The third kappa shape index (κ3) is 4.52. The number of nitrogens with one attached hydrogen (secondary N) is 1. The fourth-order valence-corrected chi connectivity index (χ4v) is 3.98. The summed E-state index contributed by atoms with van der Waals surface area (Å²) in [5.41, 5.74) is 4.11. The number of nitrogens with zero attached hydrogens (tertiary/aromatic N) is 3. The number of piperazine rings is 1. The van der Waals surface area contributed by atoms with Crippen LogP contribution in [-0.4, -0.2) is 42.0 Å². The van der Waals surface area contributed by atoms with E-state index < -0.39 is 0 Å². The van der Waals surface area contributed by atoms with Crippen LogP contribution in [0.2, 0.25) is 0 Å². The van der Waals surface area contributed by atoms with Gasteiger partial charge in [-0.15, -0.1) is 0 Å². The molecular formula is C25H28N4O. The molecule has 5 heteroatoms. The topological polar surface area (TPSA) is 48.5 Å². The number of pyridine rings is 1. The van der Waals surface area contributed by atoms with Crippen molar-refractivity contribution in [2.75, 3.05) is 36.4 Å². The molecule has 3 aromatic rings. The smallest absolute Gasteiger partial charge is 0.246 e. The minimum atomic E-state index is -0.322. The number of hydrogen-bond acceptors (Lipinski definition) is 4. The maximum atomic E-state index is 13.4. The number of aryl methyl sites for hydroxylation is 2. The van der Waals surface area contributed by atoms with Crippen LogP contribution in [-0.2, 0) is 4.79 Å². The zero-order valence-corrected chi connectivity index (χ0v) is 17.6.